The van der Waals surface area contributed by atoms with Gasteiger partial charge < -0.3 is 9.26 Å². The van der Waals surface area contributed by atoms with Crippen molar-refractivity contribution in [3.05, 3.63) is 11.7 Å². The Hall–Kier alpha value is -1.39. The van der Waals surface area contributed by atoms with Crippen molar-refractivity contribution in [2.24, 2.45) is 11.8 Å². The van der Waals surface area contributed by atoms with E-state index in [1.165, 1.54) is 12.8 Å². The smallest absolute Gasteiger partial charge is 0.318 e. The van der Waals surface area contributed by atoms with E-state index in [0.717, 1.165) is 12.2 Å². The Morgan fingerprint density at radius 1 is 1.47 bits per heavy atom. The Morgan fingerprint density at radius 3 is 2.79 bits per heavy atom. The number of carbonyl (C=O) groups excluding carboxylic acids is 1. The van der Waals surface area contributed by atoms with E-state index in [1.807, 2.05) is 0 Å². The summed E-state index contributed by atoms with van der Waals surface area (Å²) in [5.74, 6) is 1.50. The monoisotopic (exact) mass is 266 g/mol. The van der Waals surface area contributed by atoms with E-state index < -0.39 is 5.92 Å². The number of nitrogens with zero attached hydrogens (tertiary/aromatic N) is 2. The van der Waals surface area contributed by atoms with Crippen molar-refractivity contribution in [3.63, 3.8) is 0 Å². The number of rotatable bonds is 7. The van der Waals surface area contributed by atoms with Crippen molar-refractivity contribution in [3.8, 4) is 0 Å². The first-order valence-electron chi connectivity index (χ1n) is 7.09. The first kappa shape index (κ1) is 14.0. The molecule has 0 bridgehead atoms. The van der Waals surface area contributed by atoms with E-state index in [0.29, 0.717) is 30.8 Å². The lowest BCUT2D eigenvalue weighted by Gasteiger charge is -2.13. The maximum absolute atomic E-state index is 12.0. The van der Waals surface area contributed by atoms with Crippen molar-refractivity contribution >= 4 is 5.97 Å². The van der Waals surface area contributed by atoms with E-state index >= 15 is 0 Å². The van der Waals surface area contributed by atoms with Gasteiger partial charge in [-0.15, -0.1) is 0 Å². The van der Waals surface area contributed by atoms with Crippen LogP contribution in [0.5, 0.6) is 0 Å². The van der Waals surface area contributed by atoms with Gasteiger partial charge in [0.1, 0.15) is 5.92 Å². The van der Waals surface area contributed by atoms with Crippen LogP contribution in [0.25, 0.3) is 0 Å². The number of hydrogen-bond acceptors (Lipinski definition) is 5. The van der Waals surface area contributed by atoms with E-state index in [1.54, 1.807) is 6.92 Å². The van der Waals surface area contributed by atoms with Crippen molar-refractivity contribution in [2.45, 2.75) is 52.4 Å². The number of ether oxygens (including phenoxy) is 1. The summed E-state index contributed by atoms with van der Waals surface area (Å²) in [6.45, 7) is 6.30. The minimum Gasteiger partial charge on any atom is -0.465 e. The minimum absolute atomic E-state index is 0.266. The summed E-state index contributed by atoms with van der Waals surface area (Å²) in [4.78, 5) is 16.3. The summed E-state index contributed by atoms with van der Waals surface area (Å²) < 4.78 is 10.4. The van der Waals surface area contributed by atoms with Crippen LogP contribution in [0.15, 0.2) is 4.52 Å². The molecule has 1 aromatic rings. The van der Waals surface area contributed by atoms with Crippen molar-refractivity contribution in [2.75, 3.05) is 6.61 Å². The molecule has 0 aliphatic heterocycles. The van der Waals surface area contributed by atoms with Gasteiger partial charge in [-0.2, -0.15) is 4.98 Å². The fraction of sp³-hybridized carbons (Fsp3) is 0.786. The van der Waals surface area contributed by atoms with Crippen LogP contribution in [0.4, 0.5) is 0 Å². The predicted octanol–water partition coefficient (Wildman–Crippen LogP) is 2.71. The maximum Gasteiger partial charge on any atom is 0.318 e. The van der Waals surface area contributed by atoms with Crippen LogP contribution >= 0.6 is 0 Å². The second-order valence-corrected chi connectivity index (χ2v) is 5.63. The summed E-state index contributed by atoms with van der Waals surface area (Å²) in [5, 5.41) is 3.97. The molecule has 1 unspecified atom stereocenters. The molecule has 5 nitrogen and oxygen atoms in total. The molecule has 2 rings (SSSR count). The molecule has 19 heavy (non-hydrogen) atoms. The lowest BCUT2D eigenvalue weighted by molar-refractivity contribution is -0.146. The molecular formula is C14H22N2O3. The molecule has 0 radical (unpaired) electrons. The fourth-order valence-corrected chi connectivity index (χ4v) is 2.08. The van der Waals surface area contributed by atoms with Gasteiger partial charge in [-0.1, -0.05) is 19.0 Å². The van der Waals surface area contributed by atoms with Crippen LogP contribution < -0.4 is 0 Å². The SMILES string of the molecule is CCOC(=O)C(CC(C)C)c1nc(CC2CC2)no1. The molecule has 0 aromatic carbocycles. The first-order valence-corrected chi connectivity index (χ1v) is 7.09. The standard InChI is InChI=1S/C14H22N2O3/c1-4-18-14(17)11(7-9(2)3)13-15-12(16-19-13)8-10-5-6-10/h9-11H,4-8H2,1-3H3. The highest BCUT2D eigenvalue weighted by Crippen LogP contribution is 2.32. The summed E-state index contributed by atoms with van der Waals surface area (Å²) >= 11 is 0. The van der Waals surface area contributed by atoms with Gasteiger partial charge in [0.2, 0.25) is 5.89 Å². The Kier molecular flexibility index (Phi) is 4.56. The van der Waals surface area contributed by atoms with E-state index in [-0.39, 0.29) is 5.97 Å². The normalized spacial score (nSPS) is 16.6. The largest absolute Gasteiger partial charge is 0.465 e. The number of hydrogen-bond donors (Lipinski definition) is 0. The zero-order valence-electron chi connectivity index (χ0n) is 11.9. The Morgan fingerprint density at radius 2 is 2.21 bits per heavy atom. The summed E-state index contributed by atoms with van der Waals surface area (Å²) in [7, 11) is 0. The Balaban J connectivity index is 2.06. The molecule has 1 aromatic heterocycles. The predicted molar refractivity (Wildman–Crippen MR) is 69.6 cm³/mol. The third kappa shape index (κ3) is 4.04. The summed E-state index contributed by atoms with van der Waals surface area (Å²) in [6, 6.07) is 0. The van der Waals surface area contributed by atoms with Gasteiger partial charge in [-0.05, 0) is 38.0 Å². The molecule has 0 saturated heterocycles. The highest BCUT2D eigenvalue weighted by molar-refractivity contribution is 5.76. The highest BCUT2D eigenvalue weighted by Gasteiger charge is 2.30. The van der Waals surface area contributed by atoms with Crippen molar-refractivity contribution in [1.82, 2.24) is 10.1 Å². The van der Waals surface area contributed by atoms with Crippen molar-refractivity contribution < 1.29 is 14.1 Å². The van der Waals surface area contributed by atoms with Gasteiger partial charge in [-0.3, -0.25) is 4.79 Å². The molecule has 0 amide bonds. The van der Waals surface area contributed by atoms with Crippen LogP contribution in [-0.2, 0) is 16.0 Å². The molecule has 0 spiro atoms. The molecule has 106 valence electrons. The molecule has 1 aliphatic carbocycles. The maximum atomic E-state index is 12.0. The van der Waals surface area contributed by atoms with Crippen LogP contribution in [0, 0.1) is 11.8 Å². The van der Waals surface area contributed by atoms with Crippen LogP contribution in [0.1, 0.15) is 57.7 Å². The lowest BCUT2D eigenvalue weighted by atomic mass is 9.97. The molecule has 1 aliphatic rings. The summed E-state index contributed by atoms with van der Waals surface area (Å²) in [6.07, 6.45) is 4.03. The molecule has 5 heteroatoms. The summed E-state index contributed by atoms with van der Waals surface area (Å²) in [5.41, 5.74) is 0. The van der Waals surface area contributed by atoms with Crippen LogP contribution in [0.2, 0.25) is 0 Å². The first-order chi connectivity index (χ1) is 9.10. The van der Waals surface area contributed by atoms with Gasteiger partial charge in [0.15, 0.2) is 5.82 Å². The van der Waals surface area contributed by atoms with Gasteiger partial charge in [-0.25, -0.2) is 0 Å². The Labute approximate surface area is 113 Å². The molecule has 0 N–H and O–H groups in total. The second kappa shape index (κ2) is 6.17. The molecule has 1 atom stereocenters. The molecular weight excluding hydrogens is 244 g/mol. The van der Waals surface area contributed by atoms with E-state index in [2.05, 4.69) is 24.0 Å². The Bertz CT molecular complexity index is 424. The number of aromatic nitrogens is 2. The highest BCUT2D eigenvalue weighted by atomic mass is 16.5. The quantitative estimate of drug-likeness (QED) is 0.710. The third-order valence-electron chi connectivity index (χ3n) is 3.23. The lowest BCUT2D eigenvalue weighted by Crippen LogP contribution is -2.18. The van der Waals surface area contributed by atoms with Crippen LogP contribution in [0.3, 0.4) is 0 Å². The molecule has 1 heterocycles. The van der Waals surface area contributed by atoms with Gasteiger partial charge in [0.05, 0.1) is 6.61 Å². The van der Waals surface area contributed by atoms with Crippen LogP contribution in [-0.4, -0.2) is 22.7 Å². The molecule has 1 saturated carbocycles. The fourth-order valence-electron chi connectivity index (χ4n) is 2.08. The second-order valence-electron chi connectivity index (χ2n) is 5.63. The van der Waals surface area contributed by atoms with Gasteiger partial charge in [0.25, 0.3) is 0 Å². The molecule has 1 fully saturated rings. The average Bonchev–Trinajstić information content (AvgIpc) is 3.03. The topological polar surface area (TPSA) is 65.2 Å². The van der Waals surface area contributed by atoms with Gasteiger partial charge in [0, 0.05) is 6.42 Å². The average molecular weight is 266 g/mol. The number of esters is 1. The zero-order chi connectivity index (χ0) is 13.8. The third-order valence-corrected chi connectivity index (χ3v) is 3.23. The van der Waals surface area contributed by atoms with Crippen molar-refractivity contribution in [1.29, 1.82) is 0 Å². The zero-order valence-corrected chi connectivity index (χ0v) is 11.9. The van der Waals surface area contributed by atoms with Gasteiger partial charge >= 0.3 is 5.97 Å². The minimum atomic E-state index is -0.430. The van der Waals surface area contributed by atoms with E-state index in [4.69, 9.17) is 9.26 Å². The number of carbonyl (C=O) groups is 1. The van der Waals surface area contributed by atoms with E-state index in [9.17, 15) is 4.79 Å².